The molecule has 0 heterocycles. The molecule has 0 aliphatic rings. The molecule has 1 atom stereocenters. The van der Waals surface area contributed by atoms with Crippen LogP contribution >= 0.6 is 0 Å². The van der Waals surface area contributed by atoms with Gasteiger partial charge in [0.15, 0.2) is 0 Å². The molecule has 0 saturated carbocycles. The van der Waals surface area contributed by atoms with Crippen LogP contribution in [0.1, 0.15) is 29.2 Å². The van der Waals surface area contributed by atoms with E-state index in [1.54, 1.807) is 6.07 Å². The number of rotatable bonds is 4. The van der Waals surface area contributed by atoms with Crippen molar-refractivity contribution in [3.8, 4) is 11.1 Å². The standard InChI is InChI=1S/C17H18FNO2/c1-10-4-3-5-11(2)17(10)13-6-12(7-14(18)8-13)15(19)9-16(20)21/h3-8,15H,9,19H2,1-2H3,(H,20,21)/t15-/m0/s1. The van der Waals surface area contributed by atoms with Crippen molar-refractivity contribution in [1.29, 1.82) is 0 Å². The Morgan fingerprint density at radius 2 is 1.86 bits per heavy atom. The molecule has 3 nitrogen and oxygen atoms in total. The van der Waals surface area contributed by atoms with E-state index in [-0.39, 0.29) is 6.42 Å². The summed E-state index contributed by atoms with van der Waals surface area (Å²) in [5.74, 6) is -1.41. The number of aryl methyl sites for hydroxylation is 2. The van der Waals surface area contributed by atoms with Crippen molar-refractivity contribution >= 4 is 5.97 Å². The lowest BCUT2D eigenvalue weighted by atomic mass is 9.93. The lowest BCUT2D eigenvalue weighted by Crippen LogP contribution is -2.15. The Labute approximate surface area is 123 Å². The van der Waals surface area contributed by atoms with E-state index in [0.29, 0.717) is 5.56 Å². The zero-order valence-electron chi connectivity index (χ0n) is 12.1. The largest absolute Gasteiger partial charge is 0.481 e. The van der Waals surface area contributed by atoms with Crippen LogP contribution in [0.3, 0.4) is 0 Å². The minimum absolute atomic E-state index is 0.227. The molecule has 110 valence electrons. The number of hydrogen-bond acceptors (Lipinski definition) is 2. The van der Waals surface area contributed by atoms with E-state index in [1.807, 2.05) is 32.0 Å². The Kier molecular flexibility index (Phi) is 4.38. The normalized spacial score (nSPS) is 12.2. The second-order valence-corrected chi connectivity index (χ2v) is 5.24. The van der Waals surface area contributed by atoms with E-state index in [0.717, 1.165) is 22.3 Å². The van der Waals surface area contributed by atoms with Crippen LogP contribution < -0.4 is 5.73 Å². The second kappa shape index (κ2) is 6.06. The predicted octanol–water partition coefficient (Wildman–Crippen LogP) is 3.58. The highest BCUT2D eigenvalue weighted by Crippen LogP contribution is 2.30. The number of aliphatic carboxylic acids is 1. The summed E-state index contributed by atoms with van der Waals surface area (Å²) in [7, 11) is 0. The summed E-state index contributed by atoms with van der Waals surface area (Å²) in [4.78, 5) is 10.8. The topological polar surface area (TPSA) is 63.3 Å². The van der Waals surface area contributed by atoms with Gasteiger partial charge in [0.25, 0.3) is 0 Å². The monoisotopic (exact) mass is 287 g/mol. The lowest BCUT2D eigenvalue weighted by molar-refractivity contribution is -0.137. The van der Waals surface area contributed by atoms with Crippen LogP contribution in [-0.2, 0) is 4.79 Å². The maximum atomic E-state index is 13.9. The molecule has 2 aromatic rings. The Balaban J connectivity index is 2.51. The number of carboxylic acids is 1. The zero-order chi connectivity index (χ0) is 15.6. The van der Waals surface area contributed by atoms with Crippen LogP contribution in [0.5, 0.6) is 0 Å². The molecule has 0 aliphatic carbocycles. The van der Waals surface area contributed by atoms with Crippen molar-refractivity contribution in [3.05, 3.63) is 58.9 Å². The Hall–Kier alpha value is -2.20. The minimum Gasteiger partial charge on any atom is -0.481 e. The average molecular weight is 287 g/mol. The van der Waals surface area contributed by atoms with Crippen molar-refractivity contribution in [2.24, 2.45) is 5.73 Å². The van der Waals surface area contributed by atoms with Crippen molar-refractivity contribution in [2.75, 3.05) is 0 Å². The molecule has 0 bridgehead atoms. The number of hydrogen-bond donors (Lipinski definition) is 2. The molecule has 0 spiro atoms. The molecule has 0 amide bonds. The smallest absolute Gasteiger partial charge is 0.305 e. The first-order chi connectivity index (χ1) is 9.88. The SMILES string of the molecule is Cc1cccc(C)c1-c1cc(F)cc([C@@H](N)CC(=O)O)c1. The van der Waals surface area contributed by atoms with E-state index in [4.69, 9.17) is 10.8 Å². The molecule has 3 N–H and O–H groups in total. The van der Waals surface area contributed by atoms with E-state index < -0.39 is 17.8 Å². The number of benzene rings is 2. The van der Waals surface area contributed by atoms with Gasteiger partial charge >= 0.3 is 5.97 Å². The molecule has 2 rings (SSSR count). The number of nitrogens with two attached hydrogens (primary N) is 1. The van der Waals surface area contributed by atoms with Crippen LogP contribution in [0.4, 0.5) is 4.39 Å². The predicted molar refractivity (Wildman–Crippen MR) is 80.5 cm³/mol. The molecular formula is C17H18FNO2. The van der Waals surface area contributed by atoms with E-state index in [1.165, 1.54) is 12.1 Å². The third-order valence-corrected chi connectivity index (χ3v) is 3.51. The summed E-state index contributed by atoms with van der Waals surface area (Å²) in [6.45, 7) is 3.92. The van der Waals surface area contributed by atoms with Gasteiger partial charge in [-0.3, -0.25) is 4.79 Å². The van der Waals surface area contributed by atoms with Crippen molar-refractivity contribution < 1.29 is 14.3 Å². The third-order valence-electron chi connectivity index (χ3n) is 3.51. The maximum Gasteiger partial charge on any atom is 0.305 e. The van der Waals surface area contributed by atoms with Crippen molar-refractivity contribution in [1.82, 2.24) is 0 Å². The van der Waals surface area contributed by atoms with Gasteiger partial charge in [0.05, 0.1) is 6.42 Å². The third kappa shape index (κ3) is 3.47. The average Bonchev–Trinajstić information content (AvgIpc) is 2.37. The quantitative estimate of drug-likeness (QED) is 0.903. The molecule has 0 aliphatic heterocycles. The molecular weight excluding hydrogens is 269 g/mol. The zero-order valence-corrected chi connectivity index (χ0v) is 12.1. The molecule has 21 heavy (non-hydrogen) atoms. The van der Waals surface area contributed by atoms with Gasteiger partial charge in [-0.05, 0) is 59.9 Å². The maximum absolute atomic E-state index is 13.9. The van der Waals surface area contributed by atoms with Crippen LogP contribution in [0.2, 0.25) is 0 Å². The van der Waals surface area contributed by atoms with Crippen LogP contribution in [-0.4, -0.2) is 11.1 Å². The van der Waals surface area contributed by atoms with Gasteiger partial charge in [-0.1, -0.05) is 18.2 Å². The molecule has 0 saturated heterocycles. The Morgan fingerprint density at radius 1 is 1.24 bits per heavy atom. The second-order valence-electron chi connectivity index (χ2n) is 5.24. The lowest BCUT2D eigenvalue weighted by Gasteiger charge is -2.14. The first-order valence-electron chi connectivity index (χ1n) is 6.73. The Morgan fingerprint density at radius 3 is 2.43 bits per heavy atom. The van der Waals surface area contributed by atoms with Crippen molar-refractivity contribution in [3.63, 3.8) is 0 Å². The highest BCUT2D eigenvalue weighted by molar-refractivity contribution is 5.72. The molecule has 2 aromatic carbocycles. The first kappa shape index (κ1) is 15.2. The summed E-state index contributed by atoms with van der Waals surface area (Å²) in [5.41, 5.74) is 10.1. The van der Waals surface area contributed by atoms with Gasteiger partial charge in [-0.2, -0.15) is 0 Å². The summed E-state index contributed by atoms with van der Waals surface area (Å²) in [6, 6.07) is 9.67. The highest BCUT2D eigenvalue weighted by Gasteiger charge is 2.14. The summed E-state index contributed by atoms with van der Waals surface area (Å²) >= 11 is 0. The van der Waals surface area contributed by atoms with Gasteiger partial charge < -0.3 is 10.8 Å². The number of halogens is 1. The Bertz CT molecular complexity index is 662. The number of carbonyl (C=O) groups is 1. The van der Waals surface area contributed by atoms with Gasteiger partial charge in [0.2, 0.25) is 0 Å². The van der Waals surface area contributed by atoms with Gasteiger partial charge in [-0.25, -0.2) is 4.39 Å². The minimum atomic E-state index is -1.000. The summed E-state index contributed by atoms with van der Waals surface area (Å²) < 4.78 is 13.9. The molecule has 0 fully saturated rings. The van der Waals surface area contributed by atoms with Crippen molar-refractivity contribution in [2.45, 2.75) is 26.3 Å². The van der Waals surface area contributed by atoms with Crippen LogP contribution in [0.25, 0.3) is 11.1 Å². The van der Waals surface area contributed by atoms with Crippen LogP contribution in [0.15, 0.2) is 36.4 Å². The molecule has 0 aromatic heterocycles. The van der Waals surface area contributed by atoms with Gasteiger partial charge in [0.1, 0.15) is 5.82 Å². The van der Waals surface area contributed by atoms with Crippen LogP contribution in [0, 0.1) is 19.7 Å². The summed E-state index contributed by atoms with van der Waals surface area (Å²) in [6.07, 6.45) is -0.227. The molecule has 0 radical (unpaired) electrons. The van der Waals surface area contributed by atoms with E-state index >= 15 is 0 Å². The fourth-order valence-electron chi connectivity index (χ4n) is 2.55. The van der Waals surface area contributed by atoms with Gasteiger partial charge in [0, 0.05) is 6.04 Å². The van der Waals surface area contributed by atoms with Gasteiger partial charge in [-0.15, -0.1) is 0 Å². The first-order valence-corrected chi connectivity index (χ1v) is 6.73. The number of carboxylic acid groups (broad SMARTS) is 1. The highest BCUT2D eigenvalue weighted by atomic mass is 19.1. The van der Waals surface area contributed by atoms with E-state index in [2.05, 4.69) is 0 Å². The summed E-state index contributed by atoms with van der Waals surface area (Å²) in [5, 5.41) is 8.82. The molecule has 4 heteroatoms. The van der Waals surface area contributed by atoms with E-state index in [9.17, 15) is 9.18 Å². The fraction of sp³-hybridized carbons (Fsp3) is 0.235. The fourth-order valence-corrected chi connectivity index (χ4v) is 2.55. The molecule has 0 unspecified atom stereocenters.